The highest BCUT2D eigenvalue weighted by Gasteiger charge is 2.31. The largest absolute Gasteiger partial charge is 0.394 e. The smallest absolute Gasteiger partial charge is 0.0615 e. The highest BCUT2D eigenvalue weighted by molar-refractivity contribution is 5.12. The van der Waals surface area contributed by atoms with E-state index in [1.807, 2.05) is 19.2 Å². The van der Waals surface area contributed by atoms with Crippen molar-refractivity contribution in [3.8, 4) is 0 Å². The fourth-order valence-corrected chi connectivity index (χ4v) is 2.03. The van der Waals surface area contributed by atoms with Gasteiger partial charge < -0.3 is 15.2 Å². The third-order valence-corrected chi connectivity index (χ3v) is 3.37. The molecular weight excluding hydrogens is 216 g/mol. The summed E-state index contributed by atoms with van der Waals surface area (Å²) in [5.74, 6) is 0. The number of aliphatic hydroxyl groups excluding tert-OH is 1. The maximum absolute atomic E-state index is 9.53. The zero-order chi connectivity index (χ0) is 12.1. The molecule has 1 fully saturated rings. The van der Waals surface area contributed by atoms with Crippen LogP contribution in [-0.2, 0) is 11.3 Å². The van der Waals surface area contributed by atoms with Gasteiger partial charge in [-0.05, 0) is 31.4 Å². The second-order valence-electron chi connectivity index (χ2n) is 4.73. The van der Waals surface area contributed by atoms with E-state index >= 15 is 0 Å². The van der Waals surface area contributed by atoms with Crippen LogP contribution in [0.5, 0.6) is 0 Å². The fourth-order valence-electron chi connectivity index (χ4n) is 2.03. The van der Waals surface area contributed by atoms with E-state index in [9.17, 15) is 5.11 Å². The molecule has 0 saturated carbocycles. The van der Waals surface area contributed by atoms with Crippen molar-refractivity contribution in [3.63, 3.8) is 0 Å². The lowest BCUT2D eigenvalue weighted by Crippen LogP contribution is -2.51. The first-order valence-electron chi connectivity index (χ1n) is 6.09. The monoisotopic (exact) mass is 236 g/mol. The van der Waals surface area contributed by atoms with E-state index in [0.29, 0.717) is 6.54 Å². The number of aryl methyl sites for hydroxylation is 1. The summed E-state index contributed by atoms with van der Waals surface area (Å²) in [6, 6.07) is 4.08. The van der Waals surface area contributed by atoms with Crippen LogP contribution in [0.1, 0.15) is 24.1 Å². The molecule has 1 aliphatic heterocycles. The van der Waals surface area contributed by atoms with Crippen LogP contribution in [0.3, 0.4) is 0 Å². The van der Waals surface area contributed by atoms with Gasteiger partial charge in [-0.3, -0.25) is 4.98 Å². The Balaban J connectivity index is 1.93. The average molecular weight is 236 g/mol. The number of hydrogen-bond donors (Lipinski definition) is 2. The van der Waals surface area contributed by atoms with Crippen LogP contribution in [0.15, 0.2) is 18.3 Å². The molecule has 0 bridgehead atoms. The molecule has 4 heteroatoms. The zero-order valence-corrected chi connectivity index (χ0v) is 10.3. The molecule has 0 aromatic carbocycles. The molecule has 17 heavy (non-hydrogen) atoms. The number of aromatic nitrogens is 1. The van der Waals surface area contributed by atoms with Crippen LogP contribution in [-0.4, -0.2) is 35.5 Å². The first-order chi connectivity index (χ1) is 8.24. The van der Waals surface area contributed by atoms with Gasteiger partial charge in [-0.25, -0.2) is 0 Å². The molecule has 0 aliphatic carbocycles. The van der Waals surface area contributed by atoms with Crippen molar-refractivity contribution < 1.29 is 9.84 Å². The molecule has 2 heterocycles. The summed E-state index contributed by atoms with van der Waals surface area (Å²) in [5.41, 5.74) is 1.98. The lowest BCUT2D eigenvalue weighted by atomic mass is 9.91. The van der Waals surface area contributed by atoms with Crippen molar-refractivity contribution in [2.75, 3.05) is 19.8 Å². The van der Waals surface area contributed by atoms with Crippen LogP contribution in [0, 0.1) is 6.92 Å². The molecule has 0 unspecified atom stereocenters. The first kappa shape index (κ1) is 12.5. The Morgan fingerprint density at radius 2 is 2.18 bits per heavy atom. The highest BCUT2D eigenvalue weighted by Crippen LogP contribution is 2.20. The minimum absolute atomic E-state index is 0.155. The topological polar surface area (TPSA) is 54.4 Å². The lowest BCUT2D eigenvalue weighted by molar-refractivity contribution is 0.0110. The van der Waals surface area contributed by atoms with E-state index in [2.05, 4.69) is 16.4 Å². The summed E-state index contributed by atoms with van der Waals surface area (Å²) < 4.78 is 5.33. The van der Waals surface area contributed by atoms with Crippen LogP contribution in [0.2, 0.25) is 0 Å². The summed E-state index contributed by atoms with van der Waals surface area (Å²) in [4.78, 5) is 4.35. The lowest BCUT2D eigenvalue weighted by Gasteiger charge is -2.36. The number of pyridine rings is 1. The molecule has 1 aromatic heterocycles. The number of hydrogen-bond acceptors (Lipinski definition) is 4. The van der Waals surface area contributed by atoms with E-state index in [1.165, 1.54) is 0 Å². The summed E-state index contributed by atoms with van der Waals surface area (Å²) in [5, 5.41) is 13.0. The second kappa shape index (κ2) is 5.58. The first-order valence-corrected chi connectivity index (χ1v) is 6.09. The molecule has 1 aliphatic rings. The van der Waals surface area contributed by atoms with Gasteiger partial charge in [0.1, 0.15) is 0 Å². The quantitative estimate of drug-likeness (QED) is 0.819. The van der Waals surface area contributed by atoms with Crippen molar-refractivity contribution in [1.29, 1.82) is 0 Å². The van der Waals surface area contributed by atoms with Crippen molar-refractivity contribution in [2.45, 2.75) is 31.8 Å². The van der Waals surface area contributed by atoms with Crippen LogP contribution < -0.4 is 5.32 Å². The fraction of sp³-hybridized carbons (Fsp3) is 0.615. The molecule has 0 amide bonds. The number of nitrogens with zero attached hydrogens (tertiary/aromatic N) is 1. The van der Waals surface area contributed by atoms with Gasteiger partial charge in [0, 0.05) is 31.5 Å². The minimum atomic E-state index is -0.190. The average Bonchev–Trinajstić information content (AvgIpc) is 2.39. The molecule has 94 valence electrons. The van der Waals surface area contributed by atoms with Crippen LogP contribution >= 0.6 is 0 Å². The van der Waals surface area contributed by atoms with Crippen LogP contribution in [0.4, 0.5) is 0 Å². The predicted octanol–water partition coefficient (Wildman–Crippen LogP) is 1.02. The minimum Gasteiger partial charge on any atom is -0.394 e. The number of ether oxygens (including phenoxy) is 1. The van der Waals surface area contributed by atoms with Gasteiger partial charge >= 0.3 is 0 Å². The maximum Gasteiger partial charge on any atom is 0.0615 e. The van der Waals surface area contributed by atoms with Gasteiger partial charge in [0.15, 0.2) is 0 Å². The van der Waals surface area contributed by atoms with Gasteiger partial charge in [0.05, 0.1) is 12.3 Å². The zero-order valence-electron chi connectivity index (χ0n) is 10.3. The van der Waals surface area contributed by atoms with Crippen molar-refractivity contribution in [2.24, 2.45) is 0 Å². The molecular formula is C13H20N2O2. The third-order valence-electron chi connectivity index (χ3n) is 3.37. The Bertz CT molecular complexity index is 345. The van der Waals surface area contributed by atoms with Gasteiger partial charge in [-0.2, -0.15) is 0 Å². The third kappa shape index (κ3) is 3.25. The SMILES string of the molecule is Cc1ccc(CNC2(CO)CCOCC2)nc1. The van der Waals surface area contributed by atoms with Crippen molar-refractivity contribution in [1.82, 2.24) is 10.3 Å². The molecule has 2 rings (SSSR count). The van der Waals surface area contributed by atoms with Gasteiger partial charge in [-0.15, -0.1) is 0 Å². The van der Waals surface area contributed by atoms with E-state index in [-0.39, 0.29) is 12.1 Å². The summed E-state index contributed by atoms with van der Waals surface area (Å²) >= 11 is 0. The van der Waals surface area contributed by atoms with Crippen LogP contribution in [0.25, 0.3) is 0 Å². The number of aliphatic hydroxyl groups is 1. The Morgan fingerprint density at radius 1 is 1.41 bits per heavy atom. The van der Waals surface area contributed by atoms with E-state index < -0.39 is 0 Å². The molecule has 4 nitrogen and oxygen atoms in total. The van der Waals surface area contributed by atoms with Gasteiger partial charge in [0.2, 0.25) is 0 Å². The Morgan fingerprint density at radius 3 is 2.76 bits per heavy atom. The van der Waals surface area contributed by atoms with E-state index in [0.717, 1.165) is 37.3 Å². The molecule has 1 saturated heterocycles. The van der Waals surface area contributed by atoms with E-state index in [4.69, 9.17) is 4.74 Å². The maximum atomic E-state index is 9.53. The number of nitrogens with one attached hydrogen (secondary N) is 1. The van der Waals surface area contributed by atoms with Crippen molar-refractivity contribution in [3.05, 3.63) is 29.6 Å². The Labute approximate surface area is 102 Å². The standard InChI is InChI=1S/C13H20N2O2/c1-11-2-3-12(14-8-11)9-15-13(10-16)4-6-17-7-5-13/h2-3,8,15-16H,4-7,9-10H2,1H3. The Hall–Kier alpha value is -0.970. The van der Waals surface area contributed by atoms with Crippen molar-refractivity contribution >= 4 is 0 Å². The Kier molecular flexibility index (Phi) is 4.10. The van der Waals surface area contributed by atoms with Gasteiger partial charge in [-0.1, -0.05) is 6.07 Å². The van der Waals surface area contributed by atoms with E-state index in [1.54, 1.807) is 0 Å². The molecule has 1 aromatic rings. The summed E-state index contributed by atoms with van der Waals surface area (Å²) in [7, 11) is 0. The normalized spacial score (nSPS) is 19.2. The predicted molar refractivity (Wildman–Crippen MR) is 65.7 cm³/mol. The molecule has 2 N–H and O–H groups in total. The number of rotatable bonds is 4. The summed E-state index contributed by atoms with van der Waals surface area (Å²) in [6.45, 7) is 4.31. The molecule has 0 radical (unpaired) electrons. The molecule has 0 atom stereocenters. The second-order valence-corrected chi connectivity index (χ2v) is 4.73. The molecule has 0 spiro atoms. The highest BCUT2D eigenvalue weighted by atomic mass is 16.5. The summed E-state index contributed by atoms with van der Waals surface area (Å²) in [6.07, 6.45) is 3.58. The van der Waals surface area contributed by atoms with Gasteiger partial charge in [0.25, 0.3) is 0 Å².